The van der Waals surface area contributed by atoms with Crippen molar-refractivity contribution in [2.75, 3.05) is 12.8 Å². The molecule has 8 heteroatoms. The van der Waals surface area contributed by atoms with Gasteiger partial charge in [-0.3, -0.25) is 0 Å². The Labute approximate surface area is 121 Å². The summed E-state index contributed by atoms with van der Waals surface area (Å²) >= 11 is 0. The SMILES string of the molecule is CN(Cc1ccco1)S(=O)(=O)c1ccc(N)cc1C(=O)O. The standard InChI is InChI=1S/C13H14N2O5S/c1-15(8-10-3-2-6-20-10)21(18,19)12-5-4-9(14)7-11(12)13(16)17/h2-7H,8,14H2,1H3,(H,16,17). The quantitative estimate of drug-likeness (QED) is 0.806. The highest BCUT2D eigenvalue weighted by Gasteiger charge is 2.27. The number of hydrogen-bond acceptors (Lipinski definition) is 5. The van der Waals surface area contributed by atoms with Crippen LogP contribution in [0.1, 0.15) is 16.1 Å². The van der Waals surface area contributed by atoms with Crippen molar-refractivity contribution in [1.82, 2.24) is 4.31 Å². The molecular weight excluding hydrogens is 296 g/mol. The van der Waals surface area contributed by atoms with Gasteiger partial charge in [0.1, 0.15) is 5.76 Å². The number of carboxylic acid groups (broad SMARTS) is 1. The van der Waals surface area contributed by atoms with E-state index >= 15 is 0 Å². The molecule has 2 aromatic rings. The number of nitrogens with two attached hydrogens (primary N) is 1. The first-order valence-corrected chi connectivity index (χ1v) is 7.38. The molecule has 0 saturated carbocycles. The van der Waals surface area contributed by atoms with Crippen molar-refractivity contribution in [1.29, 1.82) is 0 Å². The lowest BCUT2D eigenvalue weighted by Gasteiger charge is -2.17. The first kappa shape index (κ1) is 15.1. The second-order valence-electron chi connectivity index (χ2n) is 4.40. The summed E-state index contributed by atoms with van der Waals surface area (Å²) in [7, 11) is -2.62. The van der Waals surface area contributed by atoms with Gasteiger partial charge < -0.3 is 15.3 Å². The van der Waals surface area contributed by atoms with Crippen molar-refractivity contribution >= 4 is 21.7 Å². The van der Waals surface area contributed by atoms with Crippen LogP contribution in [0.15, 0.2) is 45.9 Å². The van der Waals surface area contributed by atoms with E-state index in [9.17, 15) is 13.2 Å². The van der Waals surface area contributed by atoms with Gasteiger partial charge in [0.15, 0.2) is 0 Å². The van der Waals surface area contributed by atoms with Crippen LogP contribution in [0.3, 0.4) is 0 Å². The molecule has 0 atom stereocenters. The van der Waals surface area contributed by atoms with Gasteiger partial charge in [-0.1, -0.05) is 0 Å². The summed E-state index contributed by atoms with van der Waals surface area (Å²) in [4.78, 5) is 10.9. The lowest BCUT2D eigenvalue weighted by atomic mass is 10.2. The molecule has 21 heavy (non-hydrogen) atoms. The Kier molecular flexibility index (Phi) is 4.01. The number of nitrogen functional groups attached to an aromatic ring is 1. The van der Waals surface area contributed by atoms with Crippen LogP contribution in [0.5, 0.6) is 0 Å². The fourth-order valence-electron chi connectivity index (χ4n) is 1.81. The number of furan rings is 1. The van der Waals surface area contributed by atoms with E-state index in [1.54, 1.807) is 12.1 Å². The third-order valence-electron chi connectivity index (χ3n) is 2.88. The largest absolute Gasteiger partial charge is 0.478 e. The van der Waals surface area contributed by atoms with Crippen molar-refractivity contribution < 1.29 is 22.7 Å². The van der Waals surface area contributed by atoms with Crippen LogP contribution in [-0.4, -0.2) is 30.8 Å². The minimum atomic E-state index is -3.97. The molecule has 0 aliphatic heterocycles. The Balaban J connectivity index is 2.41. The summed E-state index contributed by atoms with van der Waals surface area (Å²) in [6.07, 6.45) is 1.43. The number of sulfonamides is 1. The average molecular weight is 310 g/mol. The number of carboxylic acids is 1. The fraction of sp³-hybridized carbons (Fsp3) is 0.154. The number of hydrogen-bond donors (Lipinski definition) is 2. The van der Waals surface area contributed by atoms with Gasteiger partial charge in [-0.2, -0.15) is 4.31 Å². The van der Waals surface area contributed by atoms with Gasteiger partial charge in [-0.15, -0.1) is 0 Å². The monoisotopic (exact) mass is 310 g/mol. The van der Waals surface area contributed by atoms with Gasteiger partial charge in [0.05, 0.1) is 23.3 Å². The molecule has 0 amide bonds. The topological polar surface area (TPSA) is 114 Å². The zero-order chi connectivity index (χ0) is 15.6. The van der Waals surface area contributed by atoms with Crippen LogP contribution >= 0.6 is 0 Å². The molecule has 3 N–H and O–H groups in total. The summed E-state index contributed by atoms with van der Waals surface area (Å²) < 4.78 is 31.1. The third-order valence-corrected chi connectivity index (χ3v) is 4.74. The minimum Gasteiger partial charge on any atom is -0.478 e. The molecule has 0 spiro atoms. The van der Waals surface area contributed by atoms with Crippen molar-refractivity contribution in [2.45, 2.75) is 11.4 Å². The molecular formula is C13H14N2O5S. The molecule has 112 valence electrons. The van der Waals surface area contributed by atoms with Gasteiger partial charge in [-0.05, 0) is 30.3 Å². The molecule has 0 aliphatic carbocycles. The maximum Gasteiger partial charge on any atom is 0.337 e. The first-order chi connectivity index (χ1) is 9.82. The van der Waals surface area contributed by atoms with Gasteiger partial charge >= 0.3 is 5.97 Å². The molecule has 2 rings (SSSR count). The van der Waals surface area contributed by atoms with Gasteiger partial charge in [0, 0.05) is 12.7 Å². The second-order valence-corrected chi connectivity index (χ2v) is 6.41. The predicted molar refractivity (Wildman–Crippen MR) is 75.2 cm³/mol. The van der Waals surface area contributed by atoms with Gasteiger partial charge in [-0.25, -0.2) is 13.2 Å². The van der Waals surface area contributed by atoms with Gasteiger partial charge in [0.2, 0.25) is 10.0 Å². The summed E-state index contributed by atoms with van der Waals surface area (Å²) in [6, 6.07) is 6.93. The van der Waals surface area contributed by atoms with Crippen molar-refractivity contribution in [3.63, 3.8) is 0 Å². The zero-order valence-corrected chi connectivity index (χ0v) is 12.0. The number of carbonyl (C=O) groups is 1. The molecule has 1 aromatic carbocycles. The Bertz CT molecular complexity index is 753. The Morgan fingerprint density at radius 3 is 2.67 bits per heavy atom. The number of nitrogens with zero attached hydrogens (tertiary/aromatic N) is 1. The first-order valence-electron chi connectivity index (χ1n) is 5.94. The lowest BCUT2D eigenvalue weighted by Crippen LogP contribution is -2.28. The van der Waals surface area contributed by atoms with Crippen LogP contribution in [0.4, 0.5) is 5.69 Å². The number of aromatic carboxylic acids is 1. The third kappa shape index (κ3) is 3.06. The Hall–Kier alpha value is -2.32. The van der Waals surface area contributed by atoms with Crippen LogP contribution in [0, 0.1) is 0 Å². The van der Waals surface area contributed by atoms with E-state index in [0.717, 1.165) is 10.4 Å². The van der Waals surface area contributed by atoms with E-state index in [1.165, 1.54) is 25.4 Å². The number of anilines is 1. The number of benzene rings is 1. The summed E-state index contributed by atoms with van der Waals surface area (Å²) in [5.74, 6) is -0.902. The van der Waals surface area contributed by atoms with Crippen LogP contribution < -0.4 is 5.73 Å². The predicted octanol–water partition coefficient (Wildman–Crippen LogP) is 1.38. The number of rotatable bonds is 5. The average Bonchev–Trinajstić information content (AvgIpc) is 2.91. The van der Waals surface area contributed by atoms with E-state index < -0.39 is 16.0 Å². The lowest BCUT2D eigenvalue weighted by molar-refractivity contribution is 0.0692. The maximum absolute atomic E-state index is 12.5. The second kappa shape index (κ2) is 5.58. The van der Waals surface area contributed by atoms with Gasteiger partial charge in [0.25, 0.3) is 0 Å². The molecule has 0 aliphatic rings. The van der Waals surface area contributed by atoms with Crippen molar-refractivity contribution in [3.05, 3.63) is 47.9 Å². The molecule has 0 fully saturated rings. The molecule has 1 heterocycles. The summed E-state index contributed by atoms with van der Waals surface area (Å²) in [5, 5.41) is 9.13. The normalized spacial score (nSPS) is 11.7. The smallest absolute Gasteiger partial charge is 0.337 e. The Morgan fingerprint density at radius 2 is 2.10 bits per heavy atom. The summed E-state index contributed by atoms with van der Waals surface area (Å²) in [6.45, 7) is -0.00122. The van der Waals surface area contributed by atoms with Crippen molar-refractivity contribution in [2.24, 2.45) is 0 Å². The van der Waals surface area contributed by atoms with E-state index in [4.69, 9.17) is 15.3 Å². The fourth-order valence-corrected chi connectivity index (χ4v) is 3.11. The minimum absolute atomic E-state index is 0.00122. The zero-order valence-electron chi connectivity index (χ0n) is 11.2. The molecule has 1 aromatic heterocycles. The summed E-state index contributed by atoms with van der Waals surface area (Å²) in [5.41, 5.74) is 5.33. The van der Waals surface area contributed by atoms with E-state index in [-0.39, 0.29) is 22.7 Å². The van der Waals surface area contributed by atoms with Crippen LogP contribution in [0.25, 0.3) is 0 Å². The highest BCUT2D eigenvalue weighted by atomic mass is 32.2. The molecule has 0 bridgehead atoms. The van der Waals surface area contributed by atoms with E-state index in [0.29, 0.717) is 5.76 Å². The van der Waals surface area contributed by atoms with E-state index in [2.05, 4.69) is 0 Å². The molecule has 0 radical (unpaired) electrons. The Morgan fingerprint density at radius 1 is 1.38 bits per heavy atom. The highest BCUT2D eigenvalue weighted by molar-refractivity contribution is 7.89. The van der Waals surface area contributed by atoms with E-state index in [1.807, 2.05) is 0 Å². The molecule has 0 unspecified atom stereocenters. The highest BCUT2D eigenvalue weighted by Crippen LogP contribution is 2.23. The molecule has 7 nitrogen and oxygen atoms in total. The van der Waals surface area contributed by atoms with Crippen molar-refractivity contribution in [3.8, 4) is 0 Å². The maximum atomic E-state index is 12.5. The van der Waals surface area contributed by atoms with Crippen LogP contribution in [-0.2, 0) is 16.6 Å². The molecule has 0 saturated heterocycles. The van der Waals surface area contributed by atoms with Crippen LogP contribution in [0.2, 0.25) is 0 Å².